The second-order valence-electron chi connectivity index (χ2n) is 5.75. The summed E-state index contributed by atoms with van der Waals surface area (Å²) in [6.07, 6.45) is 5.17. The summed E-state index contributed by atoms with van der Waals surface area (Å²) in [5.74, 6) is 0.478. The number of nitrogens with two attached hydrogens (primary N) is 1. The van der Waals surface area contributed by atoms with E-state index < -0.39 is 0 Å². The van der Waals surface area contributed by atoms with Gasteiger partial charge < -0.3 is 15.8 Å². The minimum Gasteiger partial charge on any atom is -0.482 e. The molecular weight excluding hydrogens is 288 g/mol. The van der Waals surface area contributed by atoms with Crippen molar-refractivity contribution in [2.45, 2.75) is 51.1 Å². The van der Waals surface area contributed by atoms with Gasteiger partial charge in [-0.25, -0.2) is 0 Å². The monoisotopic (exact) mass is 310 g/mol. The first-order chi connectivity index (χ1) is 10.1. The van der Waals surface area contributed by atoms with Crippen LogP contribution in [-0.2, 0) is 11.2 Å². The van der Waals surface area contributed by atoms with Gasteiger partial charge in [0.25, 0.3) is 5.91 Å². The van der Waals surface area contributed by atoms with Gasteiger partial charge >= 0.3 is 0 Å². The number of carbonyl (C=O) groups is 1. The lowest BCUT2D eigenvalue weighted by atomic mass is 10.1. The van der Waals surface area contributed by atoms with E-state index in [1.54, 1.807) is 6.07 Å². The molecule has 116 valence electrons. The molecule has 1 saturated carbocycles. The van der Waals surface area contributed by atoms with Crippen molar-refractivity contribution in [2.24, 2.45) is 5.73 Å². The van der Waals surface area contributed by atoms with Crippen LogP contribution < -0.4 is 15.8 Å². The third-order valence-corrected chi connectivity index (χ3v) is 3.96. The van der Waals surface area contributed by atoms with E-state index in [0.29, 0.717) is 23.2 Å². The fourth-order valence-electron chi connectivity index (χ4n) is 2.70. The molecule has 21 heavy (non-hydrogen) atoms. The van der Waals surface area contributed by atoms with Gasteiger partial charge in [-0.05, 0) is 37.8 Å². The molecule has 0 spiro atoms. The van der Waals surface area contributed by atoms with Gasteiger partial charge in [0, 0.05) is 12.1 Å². The molecule has 1 fully saturated rings. The molecule has 1 aromatic rings. The lowest BCUT2D eigenvalue weighted by Crippen LogP contribution is -2.36. The summed E-state index contributed by atoms with van der Waals surface area (Å²) in [6.45, 7) is 1.92. The van der Waals surface area contributed by atoms with Crippen molar-refractivity contribution in [2.75, 3.05) is 6.61 Å². The largest absolute Gasteiger partial charge is 0.482 e. The van der Waals surface area contributed by atoms with E-state index in [1.807, 2.05) is 19.1 Å². The molecule has 1 amide bonds. The first kappa shape index (κ1) is 16.1. The molecule has 0 heterocycles. The number of nitrogens with one attached hydrogen (secondary N) is 1. The van der Waals surface area contributed by atoms with Crippen LogP contribution in [0.5, 0.6) is 5.75 Å². The van der Waals surface area contributed by atoms with Gasteiger partial charge in [-0.3, -0.25) is 4.79 Å². The molecule has 1 aromatic carbocycles. The second kappa shape index (κ2) is 7.66. The van der Waals surface area contributed by atoms with Crippen molar-refractivity contribution in [1.82, 2.24) is 5.32 Å². The minimum absolute atomic E-state index is 0.00775. The van der Waals surface area contributed by atoms with Crippen LogP contribution in [0.15, 0.2) is 18.2 Å². The first-order valence-electron chi connectivity index (χ1n) is 7.51. The summed E-state index contributed by atoms with van der Waals surface area (Å²) in [5, 5.41) is 3.51. The van der Waals surface area contributed by atoms with Crippen LogP contribution in [0.4, 0.5) is 0 Å². The fourth-order valence-corrected chi connectivity index (χ4v) is 2.95. The molecule has 0 bridgehead atoms. The minimum atomic E-state index is -0.0893. The van der Waals surface area contributed by atoms with E-state index in [-0.39, 0.29) is 18.6 Å². The molecule has 0 aromatic heterocycles. The molecule has 0 aliphatic heterocycles. The van der Waals surface area contributed by atoms with E-state index in [4.69, 9.17) is 22.1 Å². The second-order valence-corrected chi connectivity index (χ2v) is 6.15. The molecule has 1 unspecified atom stereocenters. The smallest absolute Gasteiger partial charge is 0.258 e. The summed E-state index contributed by atoms with van der Waals surface area (Å²) < 4.78 is 5.64. The quantitative estimate of drug-likeness (QED) is 0.849. The average Bonchev–Trinajstić information content (AvgIpc) is 2.90. The van der Waals surface area contributed by atoms with Crippen LogP contribution >= 0.6 is 11.6 Å². The van der Waals surface area contributed by atoms with Gasteiger partial charge in [0.05, 0.1) is 5.02 Å². The average molecular weight is 311 g/mol. The molecule has 4 nitrogen and oxygen atoms in total. The Morgan fingerprint density at radius 2 is 2.19 bits per heavy atom. The Hall–Kier alpha value is -1.26. The highest BCUT2D eigenvalue weighted by Gasteiger charge is 2.18. The predicted octanol–water partition coefficient (Wildman–Crippen LogP) is 2.67. The summed E-state index contributed by atoms with van der Waals surface area (Å²) in [6, 6.07) is 5.87. The van der Waals surface area contributed by atoms with Crippen molar-refractivity contribution < 1.29 is 9.53 Å². The zero-order valence-corrected chi connectivity index (χ0v) is 13.2. The maximum absolute atomic E-state index is 11.9. The highest BCUT2D eigenvalue weighted by atomic mass is 35.5. The number of ether oxygens (including phenoxy) is 1. The first-order valence-corrected chi connectivity index (χ1v) is 7.89. The molecule has 1 aliphatic carbocycles. The molecule has 1 atom stereocenters. The SMILES string of the molecule is CC(N)Cc1cccc(Cl)c1OCC(=O)NC1CCCC1. The number of benzene rings is 1. The van der Waals surface area contributed by atoms with E-state index in [2.05, 4.69) is 5.32 Å². The van der Waals surface area contributed by atoms with Crippen LogP contribution in [0.25, 0.3) is 0 Å². The normalized spacial score (nSPS) is 16.7. The molecule has 3 N–H and O–H groups in total. The number of amides is 1. The summed E-state index contributed by atoms with van der Waals surface area (Å²) >= 11 is 6.17. The van der Waals surface area contributed by atoms with Crippen molar-refractivity contribution in [1.29, 1.82) is 0 Å². The molecule has 1 aliphatic rings. The third kappa shape index (κ3) is 4.90. The molecular formula is C16H23ClN2O2. The van der Waals surface area contributed by atoms with Crippen LogP contribution in [0.3, 0.4) is 0 Å². The number of hydrogen-bond acceptors (Lipinski definition) is 3. The number of carbonyl (C=O) groups excluding carboxylic acids is 1. The van der Waals surface area contributed by atoms with Crippen LogP contribution in [0.2, 0.25) is 5.02 Å². The summed E-state index contributed by atoms with van der Waals surface area (Å²) in [4.78, 5) is 11.9. The summed E-state index contributed by atoms with van der Waals surface area (Å²) in [7, 11) is 0. The highest BCUT2D eigenvalue weighted by molar-refractivity contribution is 6.32. The summed E-state index contributed by atoms with van der Waals surface area (Å²) in [5.41, 5.74) is 6.77. The number of para-hydroxylation sites is 1. The number of hydrogen-bond donors (Lipinski definition) is 2. The van der Waals surface area contributed by atoms with Gasteiger partial charge in [0.2, 0.25) is 0 Å². The van der Waals surface area contributed by atoms with Gasteiger partial charge in [-0.15, -0.1) is 0 Å². The highest BCUT2D eigenvalue weighted by Crippen LogP contribution is 2.29. The number of halogens is 1. The lowest BCUT2D eigenvalue weighted by molar-refractivity contribution is -0.123. The zero-order chi connectivity index (χ0) is 15.2. The van der Waals surface area contributed by atoms with Gasteiger partial charge in [0.15, 0.2) is 6.61 Å². The Morgan fingerprint density at radius 1 is 1.48 bits per heavy atom. The molecule has 2 rings (SSSR count). The molecule has 0 radical (unpaired) electrons. The molecule has 0 saturated heterocycles. The van der Waals surface area contributed by atoms with Crippen molar-refractivity contribution in [3.05, 3.63) is 28.8 Å². The molecule has 5 heteroatoms. The zero-order valence-electron chi connectivity index (χ0n) is 12.4. The van der Waals surface area contributed by atoms with Crippen molar-refractivity contribution >= 4 is 17.5 Å². The van der Waals surface area contributed by atoms with E-state index in [1.165, 1.54) is 12.8 Å². The topological polar surface area (TPSA) is 64.3 Å². The van der Waals surface area contributed by atoms with Crippen LogP contribution in [0, 0.1) is 0 Å². The van der Waals surface area contributed by atoms with Crippen LogP contribution in [0.1, 0.15) is 38.2 Å². The maximum atomic E-state index is 11.9. The van der Waals surface area contributed by atoms with Gasteiger partial charge in [0.1, 0.15) is 5.75 Å². The maximum Gasteiger partial charge on any atom is 0.258 e. The van der Waals surface area contributed by atoms with Crippen LogP contribution in [-0.4, -0.2) is 24.6 Å². The Bertz CT molecular complexity index is 485. The predicted molar refractivity (Wildman–Crippen MR) is 84.7 cm³/mol. The van der Waals surface area contributed by atoms with Gasteiger partial charge in [-0.2, -0.15) is 0 Å². The van der Waals surface area contributed by atoms with Crippen molar-refractivity contribution in [3.8, 4) is 5.75 Å². The van der Waals surface area contributed by atoms with E-state index >= 15 is 0 Å². The lowest BCUT2D eigenvalue weighted by Gasteiger charge is -2.16. The van der Waals surface area contributed by atoms with E-state index in [9.17, 15) is 4.79 Å². The Morgan fingerprint density at radius 3 is 2.86 bits per heavy atom. The Balaban J connectivity index is 1.93. The Labute approximate surface area is 131 Å². The standard InChI is InChI=1S/C16H23ClN2O2/c1-11(18)9-12-5-4-8-14(17)16(12)21-10-15(20)19-13-6-2-3-7-13/h4-5,8,11,13H,2-3,6-7,9-10,18H2,1H3,(H,19,20). The van der Waals surface area contributed by atoms with Gasteiger partial charge in [-0.1, -0.05) is 36.6 Å². The van der Waals surface area contributed by atoms with E-state index in [0.717, 1.165) is 18.4 Å². The Kier molecular flexibility index (Phi) is 5.88. The fraction of sp³-hybridized carbons (Fsp3) is 0.562. The van der Waals surface area contributed by atoms with Crippen molar-refractivity contribution in [3.63, 3.8) is 0 Å². The number of rotatable bonds is 6. The third-order valence-electron chi connectivity index (χ3n) is 3.66.